The summed E-state index contributed by atoms with van der Waals surface area (Å²) in [5, 5.41) is 2.85. The van der Waals surface area contributed by atoms with Gasteiger partial charge in [-0.3, -0.25) is 9.59 Å². The second kappa shape index (κ2) is 10.5. The highest BCUT2D eigenvalue weighted by Gasteiger charge is 2.21. The van der Waals surface area contributed by atoms with Gasteiger partial charge in [0.15, 0.2) is 6.61 Å². The SMILES string of the molecule is O=C(COc1ccc(N2CCCC2=O)cc1)Nc1ccccc1OCCc1ccccc1. The number of benzene rings is 3. The molecule has 0 bridgehead atoms. The minimum atomic E-state index is -0.275. The van der Waals surface area contributed by atoms with Gasteiger partial charge >= 0.3 is 0 Å². The number of ether oxygens (including phenoxy) is 2. The molecule has 6 nitrogen and oxygen atoms in total. The quantitative estimate of drug-likeness (QED) is 0.545. The maximum atomic E-state index is 12.4. The molecule has 0 aliphatic carbocycles. The number of hydrogen-bond donors (Lipinski definition) is 1. The third-order valence-electron chi connectivity index (χ3n) is 5.24. The topological polar surface area (TPSA) is 67.9 Å². The molecule has 3 aromatic carbocycles. The van der Waals surface area contributed by atoms with Gasteiger partial charge in [-0.2, -0.15) is 0 Å². The first-order valence-electron chi connectivity index (χ1n) is 10.8. The largest absolute Gasteiger partial charge is 0.491 e. The second-order valence-corrected chi connectivity index (χ2v) is 7.56. The Hall–Kier alpha value is -3.80. The fourth-order valence-electron chi connectivity index (χ4n) is 3.60. The van der Waals surface area contributed by atoms with E-state index in [0.29, 0.717) is 30.2 Å². The summed E-state index contributed by atoms with van der Waals surface area (Å²) in [5.74, 6) is 1.06. The number of amides is 2. The van der Waals surface area contributed by atoms with E-state index in [9.17, 15) is 9.59 Å². The number of nitrogens with one attached hydrogen (secondary N) is 1. The molecule has 164 valence electrons. The normalized spacial score (nSPS) is 13.1. The molecular weight excluding hydrogens is 404 g/mol. The van der Waals surface area contributed by atoms with Gasteiger partial charge in [-0.05, 0) is 48.4 Å². The van der Waals surface area contributed by atoms with Gasteiger partial charge in [0, 0.05) is 25.1 Å². The van der Waals surface area contributed by atoms with Gasteiger partial charge in [0.1, 0.15) is 11.5 Å². The van der Waals surface area contributed by atoms with Crippen LogP contribution in [-0.2, 0) is 16.0 Å². The molecular formula is C26H26N2O4. The Morgan fingerprint density at radius 3 is 2.41 bits per heavy atom. The number of nitrogens with zero attached hydrogens (tertiary/aromatic N) is 1. The lowest BCUT2D eigenvalue weighted by atomic mass is 10.2. The van der Waals surface area contributed by atoms with Crippen LogP contribution in [0, 0.1) is 0 Å². The van der Waals surface area contributed by atoms with Crippen LogP contribution in [0.3, 0.4) is 0 Å². The Morgan fingerprint density at radius 2 is 1.66 bits per heavy atom. The molecule has 1 aliphatic heterocycles. The molecule has 0 spiro atoms. The fourth-order valence-corrected chi connectivity index (χ4v) is 3.60. The van der Waals surface area contributed by atoms with Crippen LogP contribution in [0.5, 0.6) is 11.5 Å². The first-order chi connectivity index (χ1) is 15.7. The molecule has 6 heteroatoms. The lowest BCUT2D eigenvalue weighted by Gasteiger charge is -2.16. The maximum absolute atomic E-state index is 12.4. The van der Waals surface area contributed by atoms with Gasteiger partial charge in [0.25, 0.3) is 5.91 Å². The van der Waals surface area contributed by atoms with Crippen molar-refractivity contribution in [1.82, 2.24) is 0 Å². The average molecular weight is 431 g/mol. The van der Waals surface area contributed by atoms with E-state index >= 15 is 0 Å². The summed E-state index contributed by atoms with van der Waals surface area (Å²) in [6.07, 6.45) is 2.26. The molecule has 1 aliphatic rings. The van der Waals surface area contributed by atoms with Gasteiger partial charge in [-0.15, -0.1) is 0 Å². The Balaban J connectivity index is 1.27. The van der Waals surface area contributed by atoms with Crippen molar-refractivity contribution in [2.45, 2.75) is 19.3 Å². The van der Waals surface area contributed by atoms with Crippen molar-refractivity contribution < 1.29 is 19.1 Å². The molecule has 0 radical (unpaired) electrons. The number of carbonyl (C=O) groups is 2. The van der Waals surface area contributed by atoms with E-state index in [1.165, 1.54) is 5.56 Å². The summed E-state index contributed by atoms with van der Waals surface area (Å²) < 4.78 is 11.5. The zero-order valence-corrected chi connectivity index (χ0v) is 17.8. The minimum Gasteiger partial charge on any atom is -0.491 e. The van der Waals surface area contributed by atoms with Gasteiger partial charge in [0.2, 0.25) is 5.91 Å². The standard InChI is InChI=1S/C26H26N2O4/c29-25(19-32-22-14-12-21(13-15-22)28-17-6-11-26(28)30)27-23-9-4-5-10-24(23)31-18-16-20-7-2-1-3-8-20/h1-5,7-10,12-15H,6,11,16-19H2,(H,27,29). The monoisotopic (exact) mass is 430 g/mol. The van der Waals surface area contributed by atoms with Crippen LogP contribution in [0.15, 0.2) is 78.9 Å². The van der Waals surface area contributed by atoms with E-state index < -0.39 is 0 Å². The summed E-state index contributed by atoms with van der Waals surface area (Å²) in [6.45, 7) is 1.13. The Labute approximate surface area is 187 Å². The summed E-state index contributed by atoms with van der Waals surface area (Å²) in [4.78, 5) is 26.0. The zero-order chi connectivity index (χ0) is 22.2. The average Bonchev–Trinajstić information content (AvgIpc) is 3.26. The van der Waals surface area contributed by atoms with Crippen LogP contribution in [-0.4, -0.2) is 31.6 Å². The molecule has 32 heavy (non-hydrogen) atoms. The molecule has 3 aromatic rings. The fraction of sp³-hybridized carbons (Fsp3) is 0.231. The number of carbonyl (C=O) groups excluding carboxylic acids is 2. The summed E-state index contributed by atoms with van der Waals surface area (Å²) in [6, 6.07) is 24.7. The number of anilines is 2. The number of rotatable bonds is 9. The van der Waals surface area contributed by atoms with Crippen molar-refractivity contribution in [3.05, 3.63) is 84.4 Å². The lowest BCUT2D eigenvalue weighted by molar-refractivity contribution is -0.118. The third-order valence-corrected chi connectivity index (χ3v) is 5.24. The molecule has 4 rings (SSSR count). The number of para-hydroxylation sites is 2. The summed E-state index contributed by atoms with van der Waals surface area (Å²) in [7, 11) is 0. The first kappa shape index (κ1) is 21.4. The van der Waals surface area contributed by atoms with Crippen LogP contribution in [0.2, 0.25) is 0 Å². The molecule has 0 aromatic heterocycles. The van der Waals surface area contributed by atoms with Gasteiger partial charge in [0.05, 0.1) is 12.3 Å². The Morgan fingerprint density at radius 1 is 0.906 bits per heavy atom. The van der Waals surface area contributed by atoms with E-state index in [1.54, 1.807) is 23.1 Å². The predicted octanol–water partition coefficient (Wildman–Crippen LogP) is 4.45. The Bertz CT molecular complexity index is 1050. The van der Waals surface area contributed by atoms with Crippen LogP contribution in [0.4, 0.5) is 11.4 Å². The van der Waals surface area contributed by atoms with E-state index in [0.717, 1.165) is 25.1 Å². The number of hydrogen-bond acceptors (Lipinski definition) is 4. The highest BCUT2D eigenvalue weighted by atomic mass is 16.5. The molecule has 1 heterocycles. The van der Waals surface area contributed by atoms with Gasteiger partial charge < -0.3 is 19.7 Å². The van der Waals surface area contributed by atoms with Crippen molar-refractivity contribution in [2.24, 2.45) is 0 Å². The lowest BCUT2D eigenvalue weighted by Crippen LogP contribution is -2.23. The third kappa shape index (κ3) is 5.66. The van der Waals surface area contributed by atoms with Crippen molar-refractivity contribution in [3.63, 3.8) is 0 Å². The van der Waals surface area contributed by atoms with Crippen molar-refractivity contribution >= 4 is 23.2 Å². The van der Waals surface area contributed by atoms with E-state index in [1.807, 2.05) is 48.5 Å². The molecule has 0 unspecified atom stereocenters. The van der Waals surface area contributed by atoms with E-state index in [-0.39, 0.29) is 18.4 Å². The zero-order valence-electron chi connectivity index (χ0n) is 17.8. The molecule has 1 fully saturated rings. The van der Waals surface area contributed by atoms with E-state index in [4.69, 9.17) is 9.47 Å². The van der Waals surface area contributed by atoms with Crippen LogP contribution in [0.25, 0.3) is 0 Å². The second-order valence-electron chi connectivity index (χ2n) is 7.56. The molecule has 2 amide bonds. The van der Waals surface area contributed by atoms with Crippen molar-refractivity contribution in [1.29, 1.82) is 0 Å². The highest BCUT2D eigenvalue weighted by molar-refractivity contribution is 5.95. The molecule has 0 atom stereocenters. The Kier molecular flexibility index (Phi) is 7.02. The van der Waals surface area contributed by atoms with Crippen LogP contribution >= 0.6 is 0 Å². The minimum absolute atomic E-state index is 0.125. The first-order valence-corrected chi connectivity index (χ1v) is 10.8. The van der Waals surface area contributed by atoms with Gasteiger partial charge in [-0.1, -0.05) is 42.5 Å². The van der Waals surface area contributed by atoms with Gasteiger partial charge in [-0.25, -0.2) is 0 Å². The maximum Gasteiger partial charge on any atom is 0.262 e. The van der Waals surface area contributed by atoms with Crippen molar-refractivity contribution in [2.75, 3.05) is 30.0 Å². The molecule has 0 saturated carbocycles. The summed E-state index contributed by atoms with van der Waals surface area (Å²) >= 11 is 0. The van der Waals surface area contributed by atoms with E-state index in [2.05, 4.69) is 17.4 Å². The highest BCUT2D eigenvalue weighted by Crippen LogP contribution is 2.25. The molecule has 1 N–H and O–H groups in total. The predicted molar refractivity (Wildman–Crippen MR) is 124 cm³/mol. The molecule has 1 saturated heterocycles. The van der Waals surface area contributed by atoms with Crippen LogP contribution < -0.4 is 19.7 Å². The van der Waals surface area contributed by atoms with Crippen molar-refractivity contribution in [3.8, 4) is 11.5 Å². The summed E-state index contributed by atoms with van der Waals surface area (Å²) in [5.41, 5.74) is 2.66. The smallest absolute Gasteiger partial charge is 0.262 e. The van der Waals surface area contributed by atoms with Crippen LogP contribution in [0.1, 0.15) is 18.4 Å².